The van der Waals surface area contributed by atoms with Gasteiger partial charge in [0.25, 0.3) is 0 Å². The van der Waals surface area contributed by atoms with Crippen LogP contribution < -0.4 is 10.5 Å². The van der Waals surface area contributed by atoms with Crippen LogP contribution in [0.4, 0.5) is 10.1 Å². The Morgan fingerprint density at radius 1 is 1.35 bits per heavy atom. The van der Waals surface area contributed by atoms with E-state index in [1.165, 1.54) is 12.1 Å². The molecule has 0 aliphatic heterocycles. The second-order valence-corrected chi connectivity index (χ2v) is 6.47. The van der Waals surface area contributed by atoms with Crippen LogP contribution in [0.2, 0.25) is 0 Å². The van der Waals surface area contributed by atoms with Crippen molar-refractivity contribution in [2.75, 3.05) is 25.1 Å². The summed E-state index contributed by atoms with van der Waals surface area (Å²) >= 11 is 0. The highest BCUT2D eigenvalue weighted by molar-refractivity contribution is 7.89. The first-order valence-electron chi connectivity index (χ1n) is 6.44. The van der Waals surface area contributed by atoms with Crippen molar-refractivity contribution < 1.29 is 17.5 Å². The molecule has 0 atom stereocenters. The van der Waals surface area contributed by atoms with E-state index < -0.39 is 15.8 Å². The molecule has 20 heavy (non-hydrogen) atoms. The van der Waals surface area contributed by atoms with Gasteiger partial charge in [-0.3, -0.25) is 0 Å². The van der Waals surface area contributed by atoms with Crippen molar-refractivity contribution in [1.82, 2.24) is 0 Å². The van der Waals surface area contributed by atoms with Crippen LogP contribution in [0, 0.1) is 11.7 Å². The van der Waals surface area contributed by atoms with E-state index >= 15 is 0 Å². The molecule has 0 aliphatic carbocycles. The molecule has 3 N–H and O–H groups in total. The van der Waals surface area contributed by atoms with Crippen LogP contribution in [0.5, 0.6) is 0 Å². The van der Waals surface area contributed by atoms with Crippen molar-refractivity contribution in [3.8, 4) is 0 Å². The van der Waals surface area contributed by atoms with Gasteiger partial charge in [-0.05, 0) is 30.5 Å². The van der Waals surface area contributed by atoms with Gasteiger partial charge < -0.3 is 10.1 Å². The zero-order valence-electron chi connectivity index (χ0n) is 11.7. The quantitative estimate of drug-likeness (QED) is 0.719. The fourth-order valence-electron chi connectivity index (χ4n) is 1.50. The van der Waals surface area contributed by atoms with Gasteiger partial charge in [-0.1, -0.05) is 13.8 Å². The first kappa shape index (κ1) is 16.9. The van der Waals surface area contributed by atoms with Crippen molar-refractivity contribution in [2.45, 2.75) is 25.2 Å². The topological polar surface area (TPSA) is 81.4 Å². The van der Waals surface area contributed by atoms with Crippen molar-refractivity contribution in [1.29, 1.82) is 0 Å². The summed E-state index contributed by atoms with van der Waals surface area (Å²) < 4.78 is 41.1. The number of hydrogen-bond donors (Lipinski definition) is 2. The molecular weight excluding hydrogens is 283 g/mol. The SMILES string of the molecule is CC(C)CCOCCNc1ccc(S(N)(=O)=O)cc1F. The van der Waals surface area contributed by atoms with Crippen molar-refractivity contribution in [3.63, 3.8) is 0 Å². The Labute approximate surface area is 119 Å². The largest absolute Gasteiger partial charge is 0.380 e. The lowest BCUT2D eigenvalue weighted by molar-refractivity contribution is 0.132. The first-order chi connectivity index (χ1) is 9.30. The van der Waals surface area contributed by atoms with E-state index in [2.05, 4.69) is 19.2 Å². The molecule has 0 amide bonds. The molecule has 0 radical (unpaired) electrons. The standard InChI is InChI=1S/C13H21FN2O3S/c1-10(2)5-7-19-8-6-16-13-4-3-11(9-12(13)14)20(15,17)18/h3-4,9-10,16H,5-8H2,1-2H3,(H2,15,17,18). The van der Waals surface area contributed by atoms with E-state index in [9.17, 15) is 12.8 Å². The van der Waals surface area contributed by atoms with E-state index in [1.807, 2.05) is 0 Å². The molecule has 0 unspecified atom stereocenters. The van der Waals surface area contributed by atoms with E-state index in [0.717, 1.165) is 12.5 Å². The molecule has 0 aliphatic rings. The van der Waals surface area contributed by atoms with Crippen LogP contribution in [0.3, 0.4) is 0 Å². The molecule has 7 heteroatoms. The molecular formula is C13H21FN2O3S. The summed E-state index contributed by atoms with van der Waals surface area (Å²) in [6.45, 7) is 5.81. The average Bonchev–Trinajstić information content (AvgIpc) is 2.33. The Hall–Kier alpha value is -1.18. The second-order valence-electron chi connectivity index (χ2n) is 4.91. The van der Waals surface area contributed by atoms with Crippen molar-refractivity contribution in [3.05, 3.63) is 24.0 Å². The molecule has 1 rings (SSSR count). The summed E-state index contributed by atoms with van der Waals surface area (Å²) in [5.74, 6) is -0.0649. The third kappa shape index (κ3) is 5.85. The molecule has 0 fully saturated rings. The molecule has 0 aromatic heterocycles. The molecule has 0 bridgehead atoms. The van der Waals surface area contributed by atoms with Crippen LogP contribution >= 0.6 is 0 Å². The smallest absolute Gasteiger partial charge is 0.238 e. The Balaban J connectivity index is 2.42. The van der Waals surface area contributed by atoms with Gasteiger partial charge in [0.2, 0.25) is 10.0 Å². The lowest BCUT2D eigenvalue weighted by atomic mass is 10.1. The van der Waals surface area contributed by atoms with Crippen LogP contribution in [-0.2, 0) is 14.8 Å². The number of halogens is 1. The van der Waals surface area contributed by atoms with Gasteiger partial charge in [-0.25, -0.2) is 17.9 Å². The summed E-state index contributed by atoms with van der Waals surface area (Å²) in [6.07, 6.45) is 0.984. The summed E-state index contributed by atoms with van der Waals surface area (Å²) in [7, 11) is -3.88. The summed E-state index contributed by atoms with van der Waals surface area (Å²) in [5, 5.41) is 7.76. The number of sulfonamides is 1. The van der Waals surface area contributed by atoms with Gasteiger partial charge in [-0.2, -0.15) is 0 Å². The van der Waals surface area contributed by atoms with Gasteiger partial charge in [0.05, 0.1) is 17.2 Å². The highest BCUT2D eigenvalue weighted by Gasteiger charge is 2.11. The number of hydrogen-bond acceptors (Lipinski definition) is 4. The molecule has 5 nitrogen and oxygen atoms in total. The Morgan fingerprint density at radius 2 is 2.05 bits per heavy atom. The number of ether oxygens (including phenoxy) is 1. The van der Waals surface area contributed by atoms with Gasteiger partial charge in [0.1, 0.15) is 5.82 Å². The zero-order valence-corrected chi connectivity index (χ0v) is 12.5. The predicted octanol–water partition coefficient (Wildman–Crippen LogP) is 1.95. The number of nitrogens with two attached hydrogens (primary N) is 1. The molecule has 0 saturated heterocycles. The average molecular weight is 304 g/mol. The third-order valence-electron chi connectivity index (χ3n) is 2.67. The monoisotopic (exact) mass is 304 g/mol. The zero-order chi connectivity index (χ0) is 15.2. The normalized spacial score (nSPS) is 11.8. The van der Waals surface area contributed by atoms with Crippen molar-refractivity contribution in [2.24, 2.45) is 11.1 Å². The van der Waals surface area contributed by atoms with E-state index in [-0.39, 0.29) is 10.6 Å². The second kappa shape index (κ2) is 7.56. The molecule has 0 heterocycles. The van der Waals surface area contributed by atoms with Gasteiger partial charge in [-0.15, -0.1) is 0 Å². The van der Waals surface area contributed by atoms with Gasteiger partial charge >= 0.3 is 0 Å². The molecule has 0 spiro atoms. The summed E-state index contributed by atoms with van der Waals surface area (Å²) in [6, 6.07) is 3.51. The summed E-state index contributed by atoms with van der Waals surface area (Å²) in [4.78, 5) is -0.242. The maximum absolute atomic E-state index is 13.6. The van der Waals surface area contributed by atoms with Crippen LogP contribution in [0.25, 0.3) is 0 Å². The number of anilines is 1. The molecule has 1 aromatic carbocycles. The molecule has 0 saturated carbocycles. The minimum atomic E-state index is -3.88. The minimum Gasteiger partial charge on any atom is -0.380 e. The van der Waals surface area contributed by atoms with E-state index in [4.69, 9.17) is 9.88 Å². The summed E-state index contributed by atoms with van der Waals surface area (Å²) in [5.41, 5.74) is 0.227. The maximum atomic E-state index is 13.6. The first-order valence-corrected chi connectivity index (χ1v) is 7.99. The fraction of sp³-hybridized carbons (Fsp3) is 0.538. The third-order valence-corrected chi connectivity index (χ3v) is 3.58. The highest BCUT2D eigenvalue weighted by atomic mass is 32.2. The minimum absolute atomic E-state index is 0.227. The Bertz CT molecular complexity index is 532. The lowest BCUT2D eigenvalue weighted by Gasteiger charge is -2.10. The predicted molar refractivity (Wildman–Crippen MR) is 76.5 cm³/mol. The number of primary sulfonamides is 1. The number of benzene rings is 1. The Morgan fingerprint density at radius 3 is 2.60 bits per heavy atom. The van der Waals surface area contributed by atoms with Gasteiger partial charge in [0.15, 0.2) is 0 Å². The van der Waals surface area contributed by atoms with Crippen LogP contribution in [0.15, 0.2) is 23.1 Å². The highest BCUT2D eigenvalue weighted by Crippen LogP contribution is 2.17. The fourth-order valence-corrected chi connectivity index (χ4v) is 2.02. The lowest BCUT2D eigenvalue weighted by Crippen LogP contribution is -2.14. The number of rotatable bonds is 8. The van der Waals surface area contributed by atoms with E-state index in [1.54, 1.807) is 0 Å². The van der Waals surface area contributed by atoms with Crippen LogP contribution in [0.1, 0.15) is 20.3 Å². The number of nitrogens with one attached hydrogen (secondary N) is 1. The Kier molecular flexibility index (Phi) is 6.38. The van der Waals surface area contributed by atoms with E-state index in [0.29, 0.717) is 25.7 Å². The molecule has 114 valence electrons. The van der Waals surface area contributed by atoms with Gasteiger partial charge in [0, 0.05) is 13.2 Å². The maximum Gasteiger partial charge on any atom is 0.238 e. The van der Waals surface area contributed by atoms with Crippen LogP contribution in [-0.4, -0.2) is 28.2 Å². The molecule has 1 aromatic rings. The van der Waals surface area contributed by atoms with Crippen molar-refractivity contribution >= 4 is 15.7 Å².